The molecule has 4 heterocycles. The number of amides is 1. The third-order valence-electron chi connectivity index (χ3n) is 5.10. The maximum Gasteiger partial charge on any atom is 0.243 e. The molecule has 0 spiro atoms. The van der Waals surface area contributed by atoms with Gasteiger partial charge in [0.05, 0.1) is 10.8 Å². The highest BCUT2D eigenvalue weighted by Gasteiger charge is 2.42. The zero-order valence-electron chi connectivity index (χ0n) is 14.8. The zero-order chi connectivity index (χ0) is 18.9. The van der Waals surface area contributed by atoms with Crippen molar-refractivity contribution in [1.29, 1.82) is 0 Å². The monoisotopic (exact) mass is 387 g/mol. The highest BCUT2D eigenvalue weighted by atomic mass is 32.2. The lowest BCUT2D eigenvalue weighted by atomic mass is 10.0. The van der Waals surface area contributed by atoms with E-state index in [4.69, 9.17) is 0 Å². The van der Waals surface area contributed by atoms with E-state index in [9.17, 15) is 13.2 Å². The van der Waals surface area contributed by atoms with Crippen LogP contribution in [-0.4, -0.2) is 72.8 Å². The number of sulfonamides is 1. The summed E-state index contributed by atoms with van der Waals surface area (Å²) in [5.41, 5.74) is 1.11. The molecule has 2 saturated heterocycles. The number of piperazine rings is 1. The number of hydrogen-bond donors (Lipinski definition) is 0. The minimum absolute atomic E-state index is 0.0468. The lowest BCUT2D eigenvalue weighted by molar-refractivity contribution is -0.139. The SMILES string of the molecule is O=C(C1CN(S(=O)(=O)c2ccncc2)C1)N1CCN(c2ccncc2)CC1. The Morgan fingerprint density at radius 3 is 2.04 bits per heavy atom. The molecule has 0 unspecified atom stereocenters. The van der Waals surface area contributed by atoms with Gasteiger partial charge in [0.1, 0.15) is 0 Å². The van der Waals surface area contributed by atoms with Gasteiger partial charge < -0.3 is 9.80 Å². The van der Waals surface area contributed by atoms with E-state index >= 15 is 0 Å². The average molecular weight is 387 g/mol. The van der Waals surface area contributed by atoms with Gasteiger partial charge in [0, 0.05) is 69.7 Å². The molecule has 9 heteroatoms. The van der Waals surface area contributed by atoms with Crippen molar-refractivity contribution in [3.05, 3.63) is 49.1 Å². The fourth-order valence-electron chi connectivity index (χ4n) is 3.45. The lowest BCUT2D eigenvalue weighted by Crippen LogP contribution is -2.59. The van der Waals surface area contributed by atoms with E-state index in [0.29, 0.717) is 13.1 Å². The minimum Gasteiger partial charge on any atom is -0.368 e. The Bertz CT molecular complexity index is 893. The molecule has 142 valence electrons. The Hall–Kier alpha value is -2.52. The molecular weight excluding hydrogens is 366 g/mol. The molecule has 0 aromatic carbocycles. The fraction of sp³-hybridized carbons (Fsp3) is 0.389. The highest BCUT2D eigenvalue weighted by Crippen LogP contribution is 2.26. The van der Waals surface area contributed by atoms with Crippen LogP contribution in [0.15, 0.2) is 53.9 Å². The summed E-state index contributed by atoms with van der Waals surface area (Å²) < 4.78 is 26.4. The maximum absolute atomic E-state index is 12.7. The number of carbonyl (C=O) groups excluding carboxylic acids is 1. The topological polar surface area (TPSA) is 86.7 Å². The van der Waals surface area contributed by atoms with Gasteiger partial charge in [-0.3, -0.25) is 14.8 Å². The number of aromatic nitrogens is 2. The molecule has 0 aliphatic carbocycles. The van der Waals surface area contributed by atoms with Crippen LogP contribution >= 0.6 is 0 Å². The van der Waals surface area contributed by atoms with Crippen molar-refractivity contribution in [3.8, 4) is 0 Å². The summed E-state index contributed by atoms with van der Waals surface area (Å²) in [4.78, 5) is 24.9. The second-order valence-electron chi connectivity index (χ2n) is 6.72. The Balaban J connectivity index is 1.31. The first-order valence-electron chi connectivity index (χ1n) is 8.89. The second kappa shape index (κ2) is 7.24. The number of carbonyl (C=O) groups is 1. The molecule has 2 aliphatic heterocycles. The molecule has 8 nitrogen and oxygen atoms in total. The van der Waals surface area contributed by atoms with Crippen LogP contribution in [0, 0.1) is 5.92 Å². The van der Waals surface area contributed by atoms with E-state index in [1.807, 2.05) is 17.0 Å². The third kappa shape index (κ3) is 3.52. The summed E-state index contributed by atoms with van der Waals surface area (Å²) in [5.74, 6) is -0.209. The van der Waals surface area contributed by atoms with Gasteiger partial charge >= 0.3 is 0 Å². The van der Waals surface area contributed by atoms with Crippen molar-refractivity contribution >= 4 is 21.6 Å². The number of anilines is 1. The van der Waals surface area contributed by atoms with Crippen LogP contribution in [0.5, 0.6) is 0 Å². The number of nitrogens with zero attached hydrogens (tertiary/aromatic N) is 5. The van der Waals surface area contributed by atoms with Gasteiger partial charge in [0.25, 0.3) is 0 Å². The first-order valence-corrected chi connectivity index (χ1v) is 10.3. The molecule has 27 heavy (non-hydrogen) atoms. The average Bonchev–Trinajstić information content (AvgIpc) is 2.68. The van der Waals surface area contributed by atoms with Gasteiger partial charge in [-0.1, -0.05) is 0 Å². The molecular formula is C18H21N5O3S. The van der Waals surface area contributed by atoms with Crippen LogP contribution in [-0.2, 0) is 14.8 Å². The molecule has 0 bridgehead atoms. The summed E-state index contributed by atoms with van der Waals surface area (Å²) in [5, 5.41) is 0. The van der Waals surface area contributed by atoms with E-state index in [-0.39, 0.29) is 29.8 Å². The van der Waals surface area contributed by atoms with Crippen LogP contribution in [0.1, 0.15) is 0 Å². The standard InChI is InChI=1S/C18H21N5O3S/c24-18(22-11-9-21(10-12-22)16-1-5-19-6-2-16)15-13-23(14-15)27(25,26)17-3-7-20-8-4-17/h1-8,15H,9-14H2. The Morgan fingerprint density at radius 2 is 1.44 bits per heavy atom. The van der Waals surface area contributed by atoms with Crippen LogP contribution in [0.2, 0.25) is 0 Å². The van der Waals surface area contributed by atoms with Crippen molar-refractivity contribution in [3.63, 3.8) is 0 Å². The molecule has 0 atom stereocenters. The Kier molecular flexibility index (Phi) is 4.79. The predicted octanol–water partition coefficient (Wildman–Crippen LogP) is 0.446. The maximum atomic E-state index is 12.7. The number of pyridine rings is 2. The Morgan fingerprint density at radius 1 is 0.889 bits per heavy atom. The van der Waals surface area contributed by atoms with E-state index in [0.717, 1.165) is 18.8 Å². The molecule has 1 amide bonds. The smallest absolute Gasteiger partial charge is 0.243 e. The summed E-state index contributed by atoms with van der Waals surface area (Å²) in [6, 6.07) is 6.88. The van der Waals surface area contributed by atoms with Crippen LogP contribution < -0.4 is 4.90 Å². The fourth-order valence-corrected chi connectivity index (χ4v) is 4.96. The van der Waals surface area contributed by atoms with Crippen molar-refractivity contribution in [2.24, 2.45) is 5.92 Å². The van der Waals surface area contributed by atoms with E-state index in [1.165, 1.54) is 28.8 Å². The first kappa shape index (κ1) is 17.9. The van der Waals surface area contributed by atoms with Gasteiger partial charge in [-0.2, -0.15) is 4.31 Å². The zero-order valence-corrected chi connectivity index (χ0v) is 15.6. The number of rotatable bonds is 4. The van der Waals surface area contributed by atoms with Crippen molar-refractivity contribution in [1.82, 2.24) is 19.2 Å². The van der Waals surface area contributed by atoms with Crippen molar-refractivity contribution in [2.45, 2.75) is 4.90 Å². The minimum atomic E-state index is -3.54. The molecule has 0 N–H and O–H groups in total. The van der Waals surface area contributed by atoms with Gasteiger partial charge in [-0.25, -0.2) is 8.42 Å². The molecule has 0 saturated carbocycles. The largest absolute Gasteiger partial charge is 0.368 e. The summed E-state index contributed by atoms with van der Waals surface area (Å²) >= 11 is 0. The van der Waals surface area contributed by atoms with Crippen molar-refractivity contribution < 1.29 is 13.2 Å². The molecule has 2 fully saturated rings. The van der Waals surface area contributed by atoms with Crippen LogP contribution in [0.3, 0.4) is 0 Å². The highest BCUT2D eigenvalue weighted by molar-refractivity contribution is 7.89. The molecule has 2 aliphatic rings. The molecule has 4 rings (SSSR count). The van der Waals surface area contributed by atoms with Gasteiger partial charge in [-0.05, 0) is 24.3 Å². The molecule has 0 radical (unpaired) electrons. The van der Waals surface area contributed by atoms with Gasteiger partial charge in [0.2, 0.25) is 15.9 Å². The normalized spacial score (nSPS) is 19.0. The van der Waals surface area contributed by atoms with Gasteiger partial charge in [-0.15, -0.1) is 0 Å². The lowest BCUT2D eigenvalue weighted by Gasteiger charge is -2.42. The van der Waals surface area contributed by atoms with E-state index in [2.05, 4.69) is 14.9 Å². The molecule has 2 aromatic rings. The van der Waals surface area contributed by atoms with Gasteiger partial charge in [0.15, 0.2) is 0 Å². The predicted molar refractivity (Wildman–Crippen MR) is 99.5 cm³/mol. The van der Waals surface area contributed by atoms with Crippen LogP contribution in [0.25, 0.3) is 0 Å². The third-order valence-corrected chi connectivity index (χ3v) is 6.95. The van der Waals surface area contributed by atoms with E-state index in [1.54, 1.807) is 12.4 Å². The Labute approximate surface area is 158 Å². The van der Waals surface area contributed by atoms with E-state index < -0.39 is 10.0 Å². The summed E-state index contributed by atoms with van der Waals surface area (Å²) in [6.45, 7) is 3.31. The molecule has 2 aromatic heterocycles. The van der Waals surface area contributed by atoms with Crippen LogP contribution in [0.4, 0.5) is 5.69 Å². The summed E-state index contributed by atoms with van der Waals surface area (Å²) in [7, 11) is -3.54. The quantitative estimate of drug-likeness (QED) is 0.757. The second-order valence-corrected chi connectivity index (χ2v) is 8.66. The number of hydrogen-bond acceptors (Lipinski definition) is 6. The first-order chi connectivity index (χ1) is 13.1. The van der Waals surface area contributed by atoms with Crippen molar-refractivity contribution in [2.75, 3.05) is 44.2 Å². The summed E-state index contributed by atoms with van der Waals surface area (Å²) in [6.07, 6.45) is 6.44.